The molecule has 0 heterocycles. The first-order chi connectivity index (χ1) is 8.45. The van der Waals surface area contributed by atoms with Crippen LogP contribution in [0.3, 0.4) is 0 Å². The molecule has 0 aromatic carbocycles. The molecule has 1 fully saturated rings. The van der Waals surface area contributed by atoms with E-state index in [-0.39, 0.29) is 0 Å². The maximum absolute atomic E-state index is 6.27. The molecule has 108 valence electrons. The molecule has 1 aliphatic carbocycles. The topological polar surface area (TPSA) is 35.2 Å². The lowest BCUT2D eigenvalue weighted by Crippen LogP contribution is -2.40. The molecule has 3 unspecified atom stereocenters. The van der Waals surface area contributed by atoms with Gasteiger partial charge in [0, 0.05) is 19.3 Å². The maximum atomic E-state index is 6.27. The van der Waals surface area contributed by atoms with E-state index in [2.05, 4.69) is 27.7 Å². The standard InChI is InChI=1S/C16H33NO/c1-5-6-10-18-11-9-13-12-14(16(2,3)4)7-8-15(13)17/h13-15H,5-12,17H2,1-4H3. The Bertz CT molecular complexity index is 222. The van der Waals surface area contributed by atoms with Crippen molar-refractivity contribution in [3.63, 3.8) is 0 Å². The quantitative estimate of drug-likeness (QED) is 0.729. The Morgan fingerprint density at radius 3 is 2.50 bits per heavy atom. The van der Waals surface area contributed by atoms with Crippen LogP contribution < -0.4 is 5.73 Å². The summed E-state index contributed by atoms with van der Waals surface area (Å²) in [6.07, 6.45) is 7.34. The van der Waals surface area contributed by atoms with Gasteiger partial charge in [-0.2, -0.15) is 0 Å². The molecular weight excluding hydrogens is 222 g/mol. The summed E-state index contributed by atoms with van der Waals surface area (Å²) in [4.78, 5) is 0. The molecule has 0 radical (unpaired) electrons. The van der Waals surface area contributed by atoms with Crippen molar-refractivity contribution in [1.29, 1.82) is 0 Å². The molecule has 1 rings (SSSR count). The Balaban J connectivity index is 2.29. The second-order valence-electron chi connectivity index (χ2n) is 7.05. The molecule has 0 aromatic heterocycles. The van der Waals surface area contributed by atoms with E-state index in [9.17, 15) is 0 Å². The zero-order chi connectivity index (χ0) is 13.6. The molecule has 3 atom stereocenters. The molecule has 0 spiro atoms. The van der Waals surface area contributed by atoms with Crippen LogP contribution >= 0.6 is 0 Å². The van der Waals surface area contributed by atoms with Crippen LogP contribution in [-0.4, -0.2) is 19.3 Å². The molecule has 0 aliphatic heterocycles. The van der Waals surface area contributed by atoms with Crippen LogP contribution in [0.25, 0.3) is 0 Å². The highest BCUT2D eigenvalue weighted by molar-refractivity contribution is 4.87. The van der Waals surface area contributed by atoms with E-state index in [4.69, 9.17) is 10.5 Å². The van der Waals surface area contributed by atoms with Gasteiger partial charge in [-0.1, -0.05) is 34.1 Å². The van der Waals surface area contributed by atoms with Gasteiger partial charge in [0.05, 0.1) is 0 Å². The van der Waals surface area contributed by atoms with Crippen LogP contribution in [0.1, 0.15) is 66.2 Å². The lowest BCUT2D eigenvalue weighted by molar-refractivity contribution is 0.0789. The second-order valence-corrected chi connectivity index (χ2v) is 7.05. The molecule has 1 aliphatic rings. The first kappa shape index (κ1) is 16.0. The first-order valence-electron chi connectivity index (χ1n) is 7.78. The summed E-state index contributed by atoms with van der Waals surface area (Å²) in [6, 6.07) is 0.401. The number of ether oxygens (including phenoxy) is 1. The summed E-state index contributed by atoms with van der Waals surface area (Å²) >= 11 is 0. The van der Waals surface area contributed by atoms with Crippen LogP contribution in [-0.2, 0) is 4.74 Å². The maximum Gasteiger partial charge on any atom is 0.0469 e. The average Bonchev–Trinajstić information content (AvgIpc) is 2.29. The Labute approximate surface area is 114 Å². The fourth-order valence-corrected chi connectivity index (χ4v) is 2.99. The minimum atomic E-state index is 0.401. The van der Waals surface area contributed by atoms with Crippen molar-refractivity contribution < 1.29 is 4.74 Å². The van der Waals surface area contributed by atoms with Gasteiger partial charge in [-0.05, 0) is 49.4 Å². The van der Waals surface area contributed by atoms with Gasteiger partial charge in [0.2, 0.25) is 0 Å². The van der Waals surface area contributed by atoms with Gasteiger partial charge >= 0.3 is 0 Å². The Morgan fingerprint density at radius 2 is 1.89 bits per heavy atom. The van der Waals surface area contributed by atoms with Crippen molar-refractivity contribution >= 4 is 0 Å². The highest BCUT2D eigenvalue weighted by Gasteiger charge is 2.33. The Kier molecular flexibility index (Phi) is 6.65. The van der Waals surface area contributed by atoms with Gasteiger partial charge in [-0.15, -0.1) is 0 Å². The van der Waals surface area contributed by atoms with Crippen molar-refractivity contribution in [2.75, 3.05) is 13.2 Å². The van der Waals surface area contributed by atoms with Crippen LogP contribution in [0.4, 0.5) is 0 Å². The third-order valence-electron chi connectivity index (χ3n) is 4.54. The summed E-state index contributed by atoms with van der Waals surface area (Å²) in [5.41, 5.74) is 6.70. The summed E-state index contributed by atoms with van der Waals surface area (Å²) in [5, 5.41) is 0. The van der Waals surface area contributed by atoms with E-state index in [1.165, 1.54) is 32.1 Å². The summed E-state index contributed by atoms with van der Waals surface area (Å²) in [7, 11) is 0. The predicted molar refractivity (Wildman–Crippen MR) is 78.6 cm³/mol. The van der Waals surface area contributed by atoms with Crippen LogP contribution in [0.5, 0.6) is 0 Å². The molecule has 1 saturated carbocycles. The summed E-state index contributed by atoms with van der Waals surface area (Å²) in [6.45, 7) is 11.1. The molecule has 0 amide bonds. The highest BCUT2D eigenvalue weighted by Crippen LogP contribution is 2.40. The van der Waals surface area contributed by atoms with Gasteiger partial charge in [-0.25, -0.2) is 0 Å². The van der Waals surface area contributed by atoms with Crippen molar-refractivity contribution in [2.24, 2.45) is 23.0 Å². The lowest BCUT2D eigenvalue weighted by atomic mass is 9.67. The first-order valence-corrected chi connectivity index (χ1v) is 7.78. The number of hydrogen-bond donors (Lipinski definition) is 1. The fraction of sp³-hybridized carbons (Fsp3) is 1.00. The fourth-order valence-electron chi connectivity index (χ4n) is 2.99. The predicted octanol–water partition coefficient (Wildman–Crippen LogP) is 3.98. The van der Waals surface area contributed by atoms with Gasteiger partial charge in [0.25, 0.3) is 0 Å². The molecule has 0 aromatic rings. The van der Waals surface area contributed by atoms with Crippen molar-refractivity contribution in [1.82, 2.24) is 0 Å². The Morgan fingerprint density at radius 1 is 1.17 bits per heavy atom. The van der Waals surface area contributed by atoms with Crippen LogP contribution in [0.2, 0.25) is 0 Å². The van der Waals surface area contributed by atoms with Gasteiger partial charge < -0.3 is 10.5 Å². The van der Waals surface area contributed by atoms with Crippen LogP contribution in [0.15, 0.2) is 0 Å². The summed E-state index contributed by atoms with van der Waals surface area (Å²) in [5.74, 6) is 1.50. The average molecular weight is 255 g/mol. The van der Waals surface area contributed by atoms with E-state index in [0.29, 0.717) is 17.4 Å². The zero-order valence-electron chi connectivity index (χ0n) is 12.9. The molecule has 2 heteroatoms. The number of rotatable bonds is 6. The Hall–Kier alpha value is -0.0800. The largest absolute Gasteiger partial charge is 0.381 e. The molecular formula is C16H33NO. The monoisotopic (exact) mass is 255 g/mol. The third kappa shape index (κ3) is 5.27. The van der Waals surface area contributed by atoms with E-state index in [0.717, 1.165) is 25.6 Å². The molecule has 18 heavy (non-hydrogen) atoms. The highest BCUT2D eigenvalue weighted by atomic mass is 16.5. The van der Waals surface area contributed by atoms with E-state index < -0.39 is 0 Å². The molecule has 0 saturated heterocycles. The van der Waals surface area contributed by atoms with E-state index in [1.807, 2.05) is 0 Å². The second kappa shape index (κ2) is 7.49. The van der Waals surface area contributed by atoms with Gasteiger partial charge in [0.1, 0.15) is 0 Å². The van der Waals surface area contributed by atoms with Crippen LogP contribution in [0, 0.1) is 17.3 Å². The molecule has 2 nitrogen and oxygen atoms in total. The van der Waals surface area contributed by atoms with Gasteiger partial charge in [0.15, 0.2) is 0 Å². The minimum Gasteiger partial charge on any atom is -0.381 e. The molecule has 0 bridgehead atoms. The molecule has 2 N–H and O–H groups in total. The lowest BCUT2D eigenvalue weighted by Gasteiger charge is -2.40. The van der Waals surface area contributed by atoms with Crippen molar-refractivity contribution in [2.45, 2.75) is 72.3 Å². The van der Waals surface area contributed by atoms with E-state index in [1.54, 1.807) is 0 Å². The van der Waals surface area contributed by atoms with Crippen molar-refractivity contribution in [3.8, 4) is 0 Å². The SMILES string of the molecule is CCCCOCCC1CC(C(C)(C)C)CCC1N. The number of unbranched alkanes of at least 4 members (excludes halogenated alkanes) is 1. The zero-order valence-corrected chi connectivity index (χ0v) is 12.9. The third-order valence-corrected chi connectivity index (χ3v) is 4.54. The van der Waals surface area contributed by atoms with Crippen molar-refractivity contribution in [3.05, 3.63) is 0 Å². The van der Waals surface area contributed by atoms with E-state index >= 15 is 0 Å². The minimum absolute atomic E-state index is 0.401. The number of nitrogens with two attached hydrogens (primary N) is 1. The van der Waals surface area contributed by atoms with Gasteiger partial charge in [-0.3, -0.25) is 0 Å². The smallest absolute Gasteiger partial charge is 0.0469 e. The number of hydrogen-bond acceptors (Lipinski definition) is 2. The normalized spacial score (nSPS) is 29.5. The summed E-state index contributed by atoms with van der Waals surface area (Å²) < 4.78 is 5.69.